The molecule has 0 saturated carbocycles. The van der Waals surface area contributed by atoms with Crippen LogP contribution in [0.4, 0.5) is 0 Å². The summed E-state index contributed by atoms with van der Waals surface area (Å²) < 4.78 is 6.29. The van der Waals surface area contributed by atoms with Crippen molar-refractivity contribution in [3.63, 3.8) is 0 Å². The van der Waals surface area contributed by atoms with Gasteiger partial charge in [0.05, 0.1) is 6.54 Å². The Bertz CT molecular complexity index is 617. The number of rotatable bonds is 5. The van der Waals surface area contributed by atoms with Crippen molar-refractivity contribution in [1.29, 1.82) is 0 Å². The summed E-state index contributed by atoms with van der Waals surface area (Å²) in [5, 5.41) is 4.71. The first-order chi connectivity index (χ1) is 9.92. The van der Waals surface area contributed by atoms with E-state index in [-0.39, 0.29) is 5.41 Å². The van der Waals surface area contributed by atoms with E-state index in [1.807, 2.05) is 0 Å². The van der Waals surface area contributed by atoms with Crippen molar-refractivity contribution in [2.45, 2.75) is 66.3 Å². The molecule has 116 valence electrons. The van der Waals surface area contributed by atoms with Crippen LogP contribution in [0.1, 0.15) is 64.0 Å². The maximum atomic E-state index is 6.29. The van der Waals surface area contributed by atoms with Crippen molar-refractivity contribution in [2.24, 2.45) is 0 Å². The average molecular weight is 287 g/mol. The van der Waals surface area contributed by atoms with E-state index in [0.717, 1.165) is 37.3 Å². The number of benzene rings is 1. The van der Waals surface area contributed by atoms with Crippen molar-refractivity contribution in [3.05, 3.63) is 34.6 Å². The summed E-state index contributed by atoms with van der Waals surface area (Å²) in [6.45, 7) is 15.1. The zero-order chi connectivity index (χ0) is 15.6. The highest BCUT2D eigenvalue weighted by atomic mass is 16.3. The Balaban J connectivity index is 2.70. The molecule has 0 saturated heterocycles. The lowest BCUT2D eigenvalue weighted by atomic mass is 9.84. The SMILES string of the molecule is CCNCc1oc2c(C(C)(C)C)cc(CC)cc2c1CC. The Hall–Kier alpha value is -1.28. The highest BCUT2D eigenvalue weighted by Gasteiger charge is 2.23. The van der Waals surface area contributed by atoms with Crippen LogP contribution in [0.3, 0.4) is 0 Å². The van der Waals surface area contributed by atoms with Gasteiger partial charge in [0.25, 0.3) is 0 Å². The summed E-state index contributed by atoms with van der Waals surface area (Å²) in [5.41, 5.74) is 5.28. The molecule has 0 atom stereocenters. The summed E-state index contributed by atoms with van der Waals surface area (Å²) in [6.07, 6.45) is 2.08. The number of nitrogens with one attached hydrogen (secondary N) is 1. The first-order valence-corrected chi connectivity index (χ1v) is 8.20. The zero-order valence-electron chi connectivity index (χ0n) is 14.4. The molecular weight excluding hydrogens is 258 g/mol. The minimum Gasteiger partial charge on any atom is -0.459 e. The van der Waals surface area contributed by atoms with Gasteiger partial charge < -0.3 is 9.73 Å². The third-order valence-corrected chi connectivity index (χ3v) is 4.14. The van der Waals surface area contributed by atoms with Crippen LogP contribution in [0.25, 0.3) is 11.0 Å². The Morgan fingerprint density at radius 3 is 2.29 bits per heavy atom. The van der Waals surface area contributed by atoms with Crippen LogP contribution in [0.2, 0.25) is 0 Å². The van der Waals surface area contributed by atoms with Crippen LogP contribution in [-0.2, 0) is 24.8 Å². The maximum Gasteiger partial charge on any atom is 0.138 e. The predicted molar refractivity (Wildman–Crippen MR) is 91.1 cm³/mol. The third kappa shape index (κ3) is 3.16. The summed E-state index contributed by atoms with van der Waals surface area (Å²) in [7, 11) is 0. The highest BCUT2D eigenvalue weighted by Crippen LogP contribution is 2.36. The molecule has 1 aromatic carbocycles. The topological polar surface area (TPSA) is 25.2 Å². The molecule has 0 aliphatic heterocycles. The molecule has 0 aliphatic rings. The number of hydrogen-bond acceptors (Lipinski definition) is 2. The van der Waals surface area contributed by atoms with E-state index in [2.05, 4.69) is 59.0 Å². The molecule has 1 N–H and O–H groups in total. The Morgan fingerprint density at radius 1 is 1.05 bits per heavy atom. The van der Waals surface area contributed by atoms with Crippen molar-refractivity contribution in [3.8, 4) is 0 Å². The molecule has 0 unspecified atom stereocenters. The average Bonchev–Trinajstić information content (AvgIpc) is 2.79. The number of fused-ring (bicyclic) bond motifs is 1. The summed E-state index contributed by atoms with van der Waals surface area (Å²) in [6, 6.07) is 4.64. The second kappa shape index (κ2) is 6.23. The molecule has 0 aliphatic carbocycles. The molecule has 0 spiro atoms. The van der Waals surface area contributed by atoms with Crippen molar-refractivity contribution in [1.82, 2.24) is 5.32 Å². The standard InChI is InChI=1S/C19H29NO/c1-7-13-10-15-14(8-2)17(12-20-9-3)21-18(15)16(11-13)19(4,5)6/h10-11,20H,7-9,12H2,1-6H3. The Kier molecular flexibility index (Phi) is 4.77. The molecule has 0 bridgehead atoms. The molecule has 0 radical (unpaired) electrons. The molecule has 0 amide bonds. The van der Waals surface area contributed by atoms with E-state index < -0.39 is 0 Å². The fourth-order valence-corrected chi connectivity index (χ4v) is 2.89. The fourth-order valence-electron chi connectivity index (χ4n) is 2.89. The Morgan fingerprint density at radius 2 is 1.76 bits per heavy atom. The number of hydrogen-bond donors (Lipinski definition) is 1. The maximum absolute atomic E-state index is 6.29. The van der Waals surface area contributed by atoms with Gasteiger partial charge in [0.15, 0.2) is 0 Å². The van der Waals surface area contributed by atoms with Gasteiger partial charge in [0.2, 0.25) is 0 Å². The van der Waals surface area contributed by atoms with E-state index in [1.165, 1.54) is 22.1 Å². The molecular formula is C19H29NO. The lowest BCUT2D eigenvalue weighted by molar-refractivity contribution is 0.500. The van der Waals surface area contributed by atoms with Gasteiger partial charge in [-0.15, -0.1) is 0 Å². The van der Waals surface area contributed by atoms with Crippen LogP contribution in [0, 0.1) is 0 Å². The minimum absolute atomic E-state index is 0.0990. The van der Waals surface area contributed by atoms with Gasteiger partial charge in [0, 0.05) is 16.5 Å². The predicted octanol–water partition coefficient (Wildman–Crippen LogP) is 4.96. The second-order valence-electron chi connectivity index (χ2n) is 6.76. The third-order valence-electron chi connectivity index (χ3n) is 4.14. The van der Waals surface area contributed by atoms with E-state index in [9.17, 15) is 0 Å². The normalized spacial score (nSPS) is 12.3. The first kappa shape index (κ1) is 16.1. The van der Waals surface area contributed by atoms with Crippen LogP contribution < -0.4 is 5.32 Å². The van der Waals surface area contributed by atoms with E-state index >= 15 is 0 Å². The largest absolute Gasteiger partial charge is 0.459 e. The number of aryl methyl sites for hydroxylation is 2. The van der Waals surface area contributed by atoms with Crippen LogP contribution in [-0.4, -0.2) is 6.54 Å². The van der Waals surface area contributed by atoms with Crippen molar-refractivity contribution >= 4 is 11.0 Å². The molecule has 0 fully saturated rings. The molecule has 2 aromatic rings. The fraction of sp³-hybridized carbons (Fsp3) is 0.579. The zero-order valence-corrected chi connectivity index (χ0v) is 14.4. The van der Waals surface area contributed by atoms with Gasteiger partial charge in [-0.1, -0.05) is 47.6 Å². The van der Waals surface area contributed by atoms with Gasteiger partial charge in [0.1, 0.15) is 11.3 Å². The molecule has 21 heavy (non-hydrogen) atoms. The summed E-state index contributed by atoms with van der Waals surface area (Å²) >= 11 is 0. The summed E-state index contributed by atoms with van der Waals surface area (Å²) in [5.74, 6) is 1.10. The first-order valence-electron chi connectivity index (χ1n) is 8.20. The highest BCUT2D eigenvalue weighted by molar-refractivity contribution is 5.86. The van der Waals surface area contributed by atoms with E-state index in [0.29, 0.717) is 0 Å². The molecule has 1 heterocycles. The smallest absolute Gasteiger partial charge is 0.138 e. The van der Waals surface area contributed by atoms with Gasteiger partial charge in [-0.2, -0.15) is 0 Å². The van der Waals surface area contributed by atoms with E-state index in [4.69, 9.17) is 4.42 Å². The van der Waals surface area contributed by atoms with Crippen LogP contribution in [0.15, 0.2) is 16.5 Å². The lowest BCUT2D eigenvalue weighted by Crippen LogP contribution is -2.12. The van der Waals surface area contributed by atoms with Crippen molar-refractivity contribution in [2.75, 3.05) is 6.54 Å². The Labute approximate surface area is 128 Å². The molecule has 2 rings (SSSR count). The summed E-state index contributed by atoms with van der Waals surface area (Å²) in [4.78, 5) is 0. The van der Waals surface area contributed by atoms with Gasteiger partial charge in [-0.3, -0.25) is 0 Å². The quantitative estimate of drug-likeness (QED) is 0.840. The van der Waals surface area contributed by atoms with Gasteiger partial charge in [-0.25, -0.2) is 0 Å². The van der Waals surface area contributed by atoms with Gasteiger partial charge >= 0.3 is 0 Å². The van der Waals surface area contributed by atoms with Crippen LogP contribution >= 0.6 is 0 Å². The van der Waals surface area contributed by atoms with Crippen molar-refractivity contribution < 1.29 is 4.42 Å². The lowest BCUT2D eigenvalue weighted by Gasteiger charge is -2.20. The number of furan rings is 1. The van der Waals surface area contributed by atoms with Gasteiger partial charge in [-0.05, 0) is 36.4 Å². The minimum atomic E-state index is 0.0990. The molecule has 2 heteroatoms. The van der Waals surface area contributed by atoms with E-state index in [1.54, 1.807) is 0 Å². The molecule has 2 nitrogen and oxygen atoms in total. The second-order valence-corrected chi connectivity index (χ2v) is 6.76. The molecule has 1 aromatic heterocycles. The monoisotopic (exact) mass is 287 g/mol. The van der Waals surface area contributed by atoms with Crippen LogP contribution in [0.5, 0.6) is 0 Å².